The Balaban J connectivity index is 1.54. The molecule has 8 bridgehead atoms. The average Bonchev–Trinajstić information content (AvgIpc) is 3.89. The molecule has 0 radical (unpaired) electrons. The highest BCUT2D eigenvalue weighted by atomic mass is 32.1. The van der Waals surface area contributed by atoms with Crippen LogP contribution in [-0.2, 0) is 19.1 Å². The normalized spacial score (nSPS) is 29.7. The zero-order valence-electron chi connectivity index (χ0n) is 30.8. The largest absolute Gasteiger partial charge is 0.474 e. The third-order valence-corrected chi connectivity index (χ3v) is 11.4. The van der Waals surface area contributed by atoms with E-state index in [1.54, 1.807) is 24.6 Å². The summed E-state index contributed by atoms with van der Waals surface area (Å²) in [5.41, 5.74) is 0.401. The first-order chi connectivity index (χ1) is 24.1. The molecule has 16 heteroatoms. The third-order valence-electron chi connectivity index (χ3n) is 9.53. The fourth-order valence-electron chi connectivity index (χ4n) is 6.11. The highest BCUT2D eigenvalue weighted by Crippen LogP contribution is 2.30. The standard InChI is InChI=1S/C35H50N8O6S2/c1-11-17(8)25-33-43-27(19(10)49-33)31(47)40-23(15(4)5)34-36-20(12-50-34)28(44)38-22(14(2)3)32-42-26(18(9)48-32)30(46)39-24(16(6)7)35-37-21(13-51-35)29(45)41-25/h12-19,22-27H,11H2,1-10H3,(H,38,44)(H,39,46)(H,40,47)(H,41,45). The van der Waals surface area contributed by atoms with Crippen LogP contribution in [0.2, 0.25) is 0 Å². The van der Waals surface area contributed by atoms with E-state index in [4.69, 9.17) is 14.5 Å². The Labute approximate surface area is 307 Å². The van der Waals surface area contributed by atoms with Crippen LogP contribution in [0.5, 0.6) is 0 Å². The van der Waals surface area contributed by atoms with Gasteiger partial charge in [-0.1, -0.05) is 61.8 Å². The van der Waals surface area contributed by atoms with Gasteiger partial charge in [-0.15, -0.1) is 22.7 Å². The molecule has 5 rings (SSSR count). The van der Waals surface area contributed by atoms with Gasteiger partial charge < -0.3 is 30.7 Å². The lowest BCUT2D eigenvalue weighted by molar-refractivity contribution is -0.125. The number of hydrogen-bond acceptors (Lipinski definition) is 12. The van der Waals surface area contributed by atoms with Crippen molar-refractivity contribution in [3.8, 4) is 0 Å². The number of nitrogens with one attached hydrogen (secondary N) is 4. The molecule has 9 atom stereocenters. The molecule has 51 heavy (non-hydrogen) atoms. The van der Waals surface area contributed by atoms with Gasteiger partial charge in [0.2, 0.25) is 23.6 Å². The maximum absolute atomic E-state index is 13.8. The van der Waals surface area contributed by atoms with Gasteiger partial charge in [0.05, 0.1) is 12.1 Å². The van der Waals surface area contributed by atoms with Crippen molar-refractivity contribution in [3.63, 3.8) is 0 Å². The summed E-state index contributed by atoms with van der Waals surface area (Å²) in [5, 5.41) is 16.7. The smallest absolute Gasteiger partial charge is 0.271 e. The molecule has 4 amide bonds. The lowest BCUT2D eigenvalue weighted by Gasteiger charge is -2.24. The molecule has 3 aliphatic heterocycles. The number of carbonyl (C=O) groups excluding carboxylic acids is 4. The molecule has 0 saturated heterocycles. The minimum atomic E-state index is -0.858. The molecule has 4 N–H and O–H groups in total. The van der Waals surface area contributed by atoms with Crippen molar-refractivity contribution in [3.05, 3.63) is 32.2 Å². The summed E-state index contributed by atoms with van der Waals surface area (Å²) in [4.78, 5) is 73.3. The number of rotatable bonds is 5. The van der Waals surface area contributed by atoms with E-state index < -0.39 is 60.3 Å². The number of fused-ring (bicyclic) bond motifs is 6. The summed E-state index contributed by atoms with van der Waals surface area (Å²) in [6, 6.07) is -3.94. The van der Waals surface area contributed by atoms with Crippen molar-refractivity contribution in [2.75, 3.05) is 0 Å². The minimum Gasteiger partial charge on any atom is -0.474 e. The number of thiazole rings is 2. The van der Waals surface area contributed by atoms with Crippen LogP contribution in [0.15, 0.2) is 20.7 Å². The van der Waals surface area contributed by atoms with Gasteiger partial charge >= 0.3 is 0 Å². The van der Waals surface area contributed by atoms with E-state index in [9.17, 15) is 19.2 Å². The summed E-state index contributed by atoms with van der Waals surface area (Å²) >= 11 is 2.56. The molecule has 0 aliphatic carbocycles. The summed E-state index contributed by atoms with van der Waals surface area (Å²) in [6.45, 7) is 19.2. The Morgan fingerprint density at radius 3 is 1.41 bits per heavy atom. The quantitative estimate of drug-likeness (QED) is 0.351. The maximum atomic E-state index is 13.8. The highest BCUT2D eigenvalue weighted by Gasteiger charge is 2.41. The first-order valence-corrected chi connectivity index (χ1v) is 19.5. The first-order valence-electron chi connectivity index (χ1n) is 17.7. The maximum Gasteiger partial charge on any atom is 0.271 e. The van der Waals surface area contributed by atoms with Crippen molar-refractivity contribution < 1.29 is 28.7 Å². The van der Waals surface area contributed by atoms with Gasteiger partial charge in [-0.2, -0.15) is 0 Å². The fourth-order valence-corrected chi connectivity index (χ4v) is 8.15. The predicted molar refractivity (Wildman–Crippen MR) is 196 cm³/mol. The molecule has 3 aliphatic rings. The van der Waals surface area contributed by atoms with Crippen LogP contribution in [0.25, 0.3) is 0 Å². The van der Waals surface area contributed by atoms with Gasteiger partial charge in [-0.3, -0.25) is 19.2 Å². The molecule has 0 fully saturated rings. The summed E-state index contributed by atoms with van der Waals surface area (Å²) in [6.07, 6.45) is -0.454. The Morgan fingerprint density at radius 2 is 1.02 bits per heavy atom. The predicted octanol–water partition coefficient (Wildman–Crippen LogP) is 4.21. The number of nitrogens with zero attached hydrogens (tertiary/aromatic N) is 4. The Hall–Kier alpha value is -3.92. The Morgan fingerprint density at radius 1 is 0.627 bits per heavy atom. The van der Waals surface area contributed by atoms with Gasteiger partial charge in [0.1, 0.15) is 45.7 Å². The van der Waals surface area contributed by atoms with Gasteiger partial charge in [0.25, 0.3) is 11.8 Å². The Bertz CT molecular complexity index is 1680. The van der Waals surface area contributed by atoms with Crippen LogP contribution in [0.1, 0.15) is 119 Å². The Kier molecular flexibility index (Phi) is 11.8. The van der Waals surface area contributed by atoms with Crippen LogP contribution < -0.4 is 21.3 Å². The lowest BCUT2D eigenvalue weighted by Crippen LogP contribution is -2.45. The summed E-state index contributed by atoms with van der Waals surface area (Å²) in [7, 11) is 0. The molecule has 5 heterocycles. The van der Waals surface area contributed by atoms with Crippen molar-refractivity contribution in [2.45, 2.75) is 124 Å². The molecule has 14 nitrogen and oxygen atoms in total. The number of amides is 4. The number of carbonyl (C=O) groups is 4. The van der Waals surface area contributed by atoms with E-state index in [0.29, 0.717) is 16.4 Å². The molecule has 2 aromatic rings. The van der Waals surface area contributed by atoms with Crippen LogP contribution >= 0.6 is 22.7 Å². The van der Waals surface area contributed by atoms with Gasteiger partial charge in [0.15, 0.2) is 12.1 Å². The first kappa shape index (κ1) is 38.3. The van der Waals surface area contributed by atoms with E-state index >= 15 is 0 Å². The van der Waals surface area contributed by atoms with Gasteiger partial charge in [0, 0.05) is 10.8 Å². The van der Waals surface area contributed by atoms with Crippen molar-refractivity contribution >= 4 is 58.1 Å². The van der Waals surface area contributed by atoms with Gasteiger partial charge in [-0.25, -0.2) is 20.0 Å². The van der Waals surface area contributed by atoms with Crippen molar-refractivity contribution in [2.24, 2.45) is 33.7 Å². The van der Waals surface area contributed by atoms with E-state index in [0.717, 1.165) is 0 Å². The van der Waals surface area contributed by atoms with Crippen molar-refractivity contribution in [1.82, 2.24) is 31.2 Å². The third kappa shape index (κ3) is 8.27. The molecule has 0 aromatic carbocycles. The molecule has 0 saturated carbocycles. The van der Waals surface area contributed by atoms with E-state index in [1.165, 1.54) is 22.7 Å². The van der Waals surface area contributed by atoms with Crippen molar-refractivity contribution in [1.29, 1.82) is 0 Å². The SMILES string of the molecule is CCC(C)C1NC(=O)c2csc(n2)C(C(C)C)NC(=O)C2N=C(OC2C)C(C(C)C)NC(=O)c2csc(n2)C(C(C)C)NC(=O)C2N=C1OC2C. The fraction of sp³-hybridized carbons (Fsp3) is 0.657. The molecule has 278 valence electrons. The second-order valence-corrected chi connectivity index (χ2v) is 16.4. The van der Waals surface area contributed by atoms with Crippen LogP contribution in [-0.4, -0.2) is 81.8 Å². The highest BCUT2D eigenvalue weighted by molar-refractivity contribution is 7.10. The molecule has 9 unspecified atom stereocenters. The second-order valence-electron chi connectivity index (χ2n) is 14.6. The number of aromatic nitrogens is 2. The topological polar surface area (TPSA) is 185 Å². The summed E-state index contributed by atoms with van der Waals surface area (Å²) in [5.74, 6) is -1.28. The van der Waals surface area contributed by atoms with Crippen LogP contribution in [0.3, 0.4) is 0 Å². The average molecular weight is 743 g/mol. The molecule has 2 aromatic heterocycles. The number of aliphatic imine (C=N–C) groups is 2. The zero-order chi connectivity index (χ0) is 37.3. The monoisotopic (exact) mass is 742 g/mol. The molecular formula is C35H50N8O6S2. The van der Waals surface area contributed by atoms with Crippen LogP contribution in [0, 0.1) is 23.7 Å². The second kappa shape index (κ2) is 15.8. The minimum absolute atomic E-state index is 0.0599. The lowest BCUT2D eigenvalue weighted by atomic mass is 9.98. The van der Waals surface area contributed by atoms with E-state index in [2.05, 4.69) is 36.2 Å². The summed E-state index contributed by atoms with van der Waals surface area (Å²) < 4.78 is 12.2. The van der Waals surface area contributed by atoms with E-state index in [1.807, 2.05) is 55.4 Å². The number of ether oxygens (including phenoxy) is 2. The van der Waals surface area contributed by atoms with Gasteiger partial charge in [-0.05, 0) is 37.5 Å². The zero-order valence-corrected chi connectivity index (χ0v) is 32.5. The van der Waals surface area contributed by atoms with E-state index in [-0.39, 0.29) is 58.7 Å². The molecule has 0 spiro atoms. The molecular weight excluding hydrogens is 693 g/mol. The van der Waals surface area contributed by atoms with Crippen LogP contribution in [0.4, 0.5) is 0 Å². The number of hydrogen-bond donors (Lipinski definition) is 4.